The van der Waals surface area contributed by atoms with Gasteiger partial charge in [0.05, 0.1) is 19.8 Å². The maximum Gasteiger partial charge on any atom is 0.425 e. The van der Waals surface area contributed by atoms with Gasteiger partial charge in [0.1, 0.15) is 5.60 Å². The monoisotopic (exact) mass is 378 g/mol. The zero-order valence-electron chi connectivity index (χ0n) is 15.4. The number of nitrogens with zero attached hydrogens (tertiary/aromatic N) is 3. The van der Waals surface area contributed by atoms with E-state index in [1.165, 1.54) is 4.31 Å². The molecule has 2 aliphatic rings. The third-order valence-electron chi connectivity index (χ3n) is 4.00. The average Bonchev–Trinajstić information content (AvgIpc) is 2.55. The lowest BCUT2D eigenvalue weighted by Crippen LogP contribution is -2.54. The molecule has 0 aromatic carbocycles. The van der Waals surface area contributed by atoms with Crippen molar-refractivity contribution in [3.05, 3.63) is 0 Å². The molecule has 1 amide bonds. The predicted molar refractivity (Wildman–Crippen MR) is 93.6 cm³/mol. The Kier molecular flexibility index (Phi) is 7.03. The van der Waals surface area contributed by atoms with Gasteiger partial charge in [0.15, 0.2) is 0 Å². The van der Waals surface area contributed by atoms with Gasteiger partial charge in [-0.3, -0.25) is 4.90 Å². The molecule has 2 rings (SSSR count). The van der Waals surface area contributed by atoms with Crippen LogP contribution in [0.15, 0.2) is 0 Å². The van der Waals surface area contributed by atoms with E-state index in [1.54, 1.807) is 20.8 Å². The maximum atomic E-state index is 13.0. The lowest BCUT2D eigenvalue weighted by Gasteiger charge is -2.34. The van der Waals surface area contributed by atoms with Crippen molar-refractivity contribution in [2.45, 2.75) is 26.4 Å². The van der Waals surface area contributed by atoms with Crippen molar-refractivity contribution in [3.8, 4) is 0 Å². The minimum Gasteiger partial charge on any atom is -0.443 e. The minimum atomic E-state index is -3.93. The van der Waals surface area contributed by atoms with Crippen LogP contribution in [0.5, 0.6) is 0 Å². The SMILES string of the molecule is CC(C)(C)OC(=O)N(CCN1CCNCC1)S(=O)(=O)N1CCOCC1. The average molecular weight is 378 g/mol. The Morgan fingerprint density at radius 1 is 1.16 bits per heavy atom. The lowest BCUT2D eigenvalue weighted by atomic mass is 10.2. The highest BCUT2D eigenvalue weighted by molar-refractivity contribution is 7.87. The van der Waals surface area contributed by atoms with Crippen LogP contribution in [0, 0.1) is 0 Å². The number of morpholine rings is 1. The quantitative estimate of drug-likeness (QED) is 0.703. The molecule has 0 aromatic heterocycles. The van der Waals surface area contributed by atoms with Gasteiger partial charge >= 0.3 is 16.3 Å². The smallest absolute Gasteiger partial charge is 0.425 e. The van der Waals surface area contributed by atoms with Crippen LogP contribution in [0.4, 0.5) is 4.79 Å². The molecule has 0 atom stereocenters. The van der Waals surface area contributed by atoms with Gasteiger partial charge in [-0.25, -0.2) is 4.79 Å². The van der Waals surface area contributed by atoms with E-state index in [0.29, 0.717) is 19.8 Å². The molecule has 0 radical (unpaired) electrons. The van der Waals surface area contributed by atoms with E-state index in [0.717, 1.165) is 30.5 Å². The Morgan fingerprint density at radius 2 is 1.76 bits per heavy atom. The lowest BCUT2D eigenvalue weighted by molar-refractivity contribution is 0.0342. The van der Waals surface area contributed by atoms with Crippen LogP contribution in [-0.2, 0) is 19.7 Å². The molecule has 10 heteroatoms. The Morgan fingerprint density at radius 3 is 2.32 bits per heavy atom. The van der Waals surface area contributed by atoms with Crippen LogP contribution in [-0.4, -0.2) is 99.2 Å². The van der Waals surface area contributed by atoms with E-state index in [9.17, 15) is 13.2 Å². The molecule has 9 nitrogen and oxygen atoms in total. The van der Waals surface area contributed by atoms with E-state index in [2.05, 4.69) is 10.2 Å². The Balaban J connectivity index is 2.10. The van der Waals surface area contributed by atoms with E-state index < -0.39 is 21.9 Å². The van der Waals surface area contributed by atoms with Gasteiger partial charge in [0.25, 0.3) is 0 Å². The number of piperazine rings is 1. The highest BCUT2D eigenvalue weighted by Gasteiger charge is 2.37. The second kappa shape index (κ2) is 8.63. The molecular weight excluding hydrogens is 348 g/mol. The molecule has 2 heterocycles. The molecule has 2 aliphatic heterocycles. The largest absolute Gasteiger partial charge is 0.443 e. The zero-order chi connectivity index (χ0) is 18.5. The number of hydrogen-bond acceptors (Lipinski definition) is 7. The predicted octanol–water partition coefficient (Wildman–Crippen LogP) is -0.294. The fourth-order valence-corrected chi connectivity index (χ4v) is 4.12. The molecule has 2 saturated heterocycles. The van der Waals surface area contributed by atoms with Crippen LogP contribution in [0.3, 0.4) is 0 Å². The number of ether oxygens (including phenoxy) is 2. The fraction of sp³-hybridized carbons (Fsp3) is 0.933. The first kappa shape index (κ1) is 20.4. The summed E-state index contributed by atoms with van der Waals surface area (Å²) in [5.74, 6) is 0. The zero-order valence-corrected chi connectivity index (χ0v) is 16.2. The van der Waals surface area contributed by atoms with Gasteiger partial charge in [-0.05, 0) is 20.8 Å². The summed E-state index contributed by atoms with van der Waals surface area (Å²) in [6, 6.07) is 0. The molecule has 0 bridgehead atoms. The third kappa shape index (κ3) is 6.07. The van der Waals surface area contributed by atoms with Crippen molar-refractivity contribution >= 4 is 16.3 Å². The number of hydrogen-bond donors (Lipinski definition) is 1. The van der Waals surface area contributed by atoms with Crippen LogP contribution >= 0.6 is 0 Å². The van der Waals surface area contributed by atoms with E-state index >= 15 is 0 Å². The van der Waals surface area contributed by atoms with Gasteiger partial charge in [-0.2, -0.15) is 17.0 Å². The van der Waals surface area contributed by atoms with Crippen molar-refractivity contribution in [1.82, 2.24) is 18.8 Å². The van der Waals surface area contributed by atoms with Gasteiger partial charge in [-0.1, -0.05) is 0 Å². The summed E-state index contributed by atoms with van der Waals surface area (Å²) >= 11 is 0. The topological polar surface area (TPSA) is 91.4 Å². The summed E-state index contributed by atoms with van der Waals surface area (Å²) in [6.45, 7) is 10.3. The summed E-state index contributed by atoms with van der Waals surface area (Å²) < 4.78 is 38.6. The summed E-state index contributed by atoms with van der Waals surface area (Å²) in [5.41, 5.74) is -0.759. The molecule has 0 aliphatic carbocycles. The van der Waals surface area contributed by atoms with Crippen LogP contribution in [0.2, 0.25) is 0 Å². The first-order chi connectivity index (χ1) is 11.7. The van der Waals surface area contributed by atoms with Crippen molar-refractivity contribution in [1.29, 1.82) is 0 Å². The number of carbonyl (C=O) groups is 1. The minimum absolute atomic E-state index is 0.0780. The van der Waals surface area contributed by atoms with E-state index in [-0.39, 0.29) is 19.6 Å². The molecule has 0 aromatic rings. The Labute approximate surface area is 150 Å². The molecule has 1 N–H and O–H groups in total. The van der Waals surface area contributed by atoms with Crippen molar-refractivity contribution in [3.63, 3.8) is 0 Å². The van der Waals surface area contributed by atoms with Crippen molar-refractivity contribution in [2.24, 2.45) is 0 Å². The molecule has 2 fully saturated rings. The van der Waals surface area contributed by atoms with Crippen LogP contribution < -0.4 is 5.32 Å². The fourth-order valence-electron chi connectivity index (χ4n) is 2.70. The summed E-state index contributed by atoms with van der Waals surface area (Å²) in [4.78, 5) is 14.7. The Bertz CT molecular complexity index is 537. The van der Waals surface area contributed by atoms with Crippen LogP contribution in [0.25, 0.3) is 0 Å². The number of amides is 1. The normalized spacial score (nSPS) is 21.1. The molecule has 25 heavy (non-hydrogen) atoms. The standard InChI is InChI=1S/C15H30N4O5S/c1-15(2,3)24-14(20)19(9-8-17-6-4-16-5-7-17)25(21,22)18-10-12-23-13-11-18/h16H,4-13H2,1-3H3. The Hall–Kier alpha value is -0.940. The highest BCUT2D eigenvalue weighted by Crippen LogP contribution is 2.16. The molecule has 0 saturated carbocycles. The molecule has 146 valence electrons. The van der Waals surface area contributed by atoms with Crippen molar-refractivity contribution < 1.29 is 22.7 Å². The number of rotatable bonds is 5. The van der Waals surface area contributed by atoms with E-state index in [4.69, 9.17) is 9.47 Å². The second-order valence-electron chi connectivity index (χ2n) is 7.16. The van der Waals surface area contributed by atoms with E-state index in [1.807, 2.05) is 0 Å². The first-order valence-electron chi connectivity index (χ1n) is 8.72. The van der Waals surface area contributed by atoms with Gasteiger partial charge in [-0.15, -0.1) is 0 Å². The molecule has 0 spiro atoms. The highest BCUT2D eigenvalue weighted by atomic mass is 32.2. The number of nitrogens with one attached hydrogen (secondary N) is 1. The number of carbonyl (C=O) groups excluding carboxylic acids is 1. The summed E-state index contributed by atoms with van der Waals surface area (Å²) in [6.07, 6.45) is -0.825. The molecule has 0 unspecified atom stereocenters. The van der Waals surface area contributed by atoms with Crippen LogP contribution in [0.1, 0.15) is 20.8 Å². The molecular formula is C15H30N4O5S. The van der Waals surface area contributed by atoms with Gasteiger partial charge < -0.3 is 14.8 Å². The van der Waals surface area contributed by atoms with Crippen molar-refractivity contribution in [2.75, 3.05) is 65.6 Å². The summed E-state index contributed by atoms with van der Waals surface area (Å²) in [7, 11) is -3.93. The second-order valence-corrected chi connectivity index (χ2v) is 9.02. The summed E-state index contributed by atoms with van der Waals surface area (Å²) in [5, 5.41) is 3.25. The third-order valence-corrected chi connectivity index (χ3v) is 5.91. The first-order valence-corrected chi connectivity index (χ1v) is 10.1. The van der Waals surface area contributed by atoms with Gasteiger partial charge in [0, 0.05) is 45.8 Å². The van der Waals surface area contributed by atoms with Gasteiger partial charge in [0.2, 0.25) is 0 Å². The maximum absolute atomic E-state index is 13.0.